The van der Waals surface area contributed by atoms with Gasteiger partial charge >= 0.3 is 0 Å². The van der Waals surface area contributed by atoms with Gasteiger partial charge in [0.15, 0.2) is 0 Å². The molecule has 2 aromatic rings. The van der Waals surface area contributed by atoms with Crippen molar-refractivity contribution in [1.82, 2.24) is 15.0 Å². The highest BCUT2D eigenvalue weighted by molar-refractivity contribution is 5.93. The maximum Gasteiger partial charge on any atom is 0.214 e. The van der Waals surface area contributed by atoms with Crippen LogP contribution in [0.3, 0.4) is 0 Å². The van der Waals surface area contributed by atoms with Crippen LogP contribution in [0.25, 0.3) is 11.0 Å². The topological polar surface area (TPSA) is 51.0 Å². The SMILES string of the molecule is CCN(C=O)c1cccc2nn(CC)nc12. The molecule has 0 aliphatic heterocycles. The Kier molecular flexibility index (Phi) is 2.85. The van der Waals surface area contributed by atoms with Gasteiger partial charge in [0.25, 0.3) is 0 Å². The number of rotatable bonds is 4. The standard InChI is InChI=1S/C11H14N4O/c1-3-14(8-16)10-7-5-6-9-11(10)13-15(4-2)12-9/h5-8H,3-4H2,1-2H3. The highest BCUT2D eigenvalue weighted by Crippen LogP contribution is 2.22. The summed E-state index contributed by atoms with van der Waals surface area (Å²) in [4.78, 5) is 14.2. The molecule has 0 atom stereocenters. The molecule has 1 aromatic heterocycles. The molecule has 0 spiro atoms. The number of nitrogens with zero attached hydrogens (tertiary/aromatic N) is 4. The predicted octanol–water partition coefficient (Wildman–Crippen LogP) is 1.43. The van der Waals surface area contributed by atoms with Gasteiger partial charge in [-0.3, -0.25) is 4.79 Å². The van der Waals surface area contributed by atoms with E-state index < -0.39 is 0 Å². The van der Waals surface area contributed by atoms with Gasteiger partial charge in [-0.1, -0.05) is 6.07 Å². The van der Waals surface area contributed by atoms with Crippen LogP contribution < -0.4 is 4.90 Å². The molecule has 0 bridgehead atoms. The Balaban J connectivity index is 2.60. The Labute approximate surface area is 93.7 Å². The maximum atomic E-state index is 10.9. The van der Waals surface area contributed by atoms with Crippen LogP contribution >= 0.6 is 0 Å². The lowest BCUT2D eigenvalue weighted by atomic mass is 10.2. The van der Waals surface area contributed by atoms with Crippen LogP contribution in [0.1, 0.15) is 13.8 Å². The molecule has 1 aromatic carbocycles. The molecule has 1 amide bonds. The summed E-state index contributed by atoms with van der Waals surface area (Å²) >= 11 is 0. The van der Waals surface area contributed by atoms with E-state index in [1.807, 2.05) is 32.0 Å². The molecule has 84 valence electrons. The molecule has 16 heavy (non-hydrogen) atoms. The molecular weight excluding hydrogens is 204 g/mol. The van der Waals surface area contributed by atoms with Gasteiger partial charge in [-0.25, -0.2) is 0 Å². The number of carbonyl (C=O) groups is 1. The number of fused-ring (bicyclic) bond motifs is 1. The summed E-state index contributed by atoms with van der Waals surface area (Å²) in [5.74, 6) is 0. The lowest BCUT2D eigenvalue weighted by Crippen LogP contribution is -2.20. The van der Waals surface area contributed by atoms with Crippen LogP contribution in [0, 0.1) is 0 Å². The zero-order valence-corrected chi connectivity index (χ0v) is 9.42. The molecule has 0 aliphatic carbocycles. The number of anilines is 1. The number of hydrogen-bond acceptors (Lipinski definition) is 3. The third kappa shape index (κ3) is 1.64. The van der Waals surface area contributed by atoms with Gasteiger partial charge in [0.05, 0.1) is 12.2 Å². The largest absolute Gasteiger partial charge is 0.313 e. The summed E-state index contributed by atoms with van der Waals surface area (Å²) in [6.45, 7) is 5.26. The number of carbonyl (C=O) groups excluding carboxylic acids is 1. The van der Waals surface area contributed by atoms with Gasteiger partial charge in [-0.15, -0.1) is 0 Å². The molecule has 2 rings (SSSR count). The summed E-state index contributed by atoms with van der Waals surface area (Å²) in [6, 6.07) is 5.67. The number of amides is 1. The molecule has 0 radical (unpaired) electrons. The first-order valence-electron chi connectivity index (χ1n) is 5.36. The second kappa shape index (κ2) is 4.30. The molecule has 5 heteroatoms. The van der Waals surface area contributed by atoms with Crippen molar-refractivity contribution in [3.63, 3.8) is 0 Å². The summed E-state index contributed by atoms with van der Waals surface area (Å²) in [7, 11) is 0. The lowest BCUT2D eigenvalue weighted by Gasteiger charge is -2.14. The average Bonchev–Trinajstić information content (AvgIpc) is 2.74. The monoisotopic (exact) mass is 218 g/mol. The molecule has 0 aliphatic rings. The van der Waals surface area contributed by atoms with Gasteiger partial charge < -0.3 is 4.90 Å². The number of aryl methyl sites for hydroxylation is 1. The van der Waals surface area contributed by atoms with Crippen molar-refractivity contribution >= 4 is 23.1 Å². The second-order valence-electron chi connectivity index (χ2n) is 3.42. The Hall–Kier alpha value is -1.91. The van der Waals surface area contributed by atoms with E-state index in [-0.39, 0.29) is 0 Å². The molecule has 0 N–H and O–H groups in total. The van der Waals surface area contributed by atoms with E-state index in [0.29, 0.717) is 6.54 Å². The summed E-state index contributed by atoms with van der Waals surface area (Å²) < 4.78 is 0. The predicted molar refractivity (Wildman–Crippen MR) is 62.3 cm³/mol. The Morgan fingerprint density at radius 3 is 2.81 bits per heavy atom. The molecule has 0 fully saturated rings. The van der Waals surface area contributed by atoms with E-state index in [4.69, 9.17) is 0 Å². The van der Waals surface area contributed by atoms with Crippen molar-refractivity contribution in [2.24, 2.45) is 0 Å². The van der Waals surface area contributed by atoms with Crippen molar-refractivity contribution in [1.29, 1.82) is 0 Å². The van der Waals surface area contributed by atoms with Crippen LogP contribution in [-0.2, 0) is 11.3 Å². The van der Waals surface area contributed by atoms with Crippen LogP contribution in [0.2, 0.25) is 0 Å². The number of hydrogen-bond donors (Lipinski definition) is 0. The fourth-order valence-corrected chi connectivity index (χ4v) is 1.64. The van der Waals surface area contributed by atoms with Crippen molar-refractivity contribution in [2.75, 3.05) is 11.4 Å². The number of aromatic nitrogens is 3. The van der Waals surface area contributed by atoms with Gasteiger partial charge in [-0.2, -0.15) is 15.0 Å². The third-order valence-corrected chi connectivity index (χ3v) is 2.49. The van der Waals surface area contributed by atoms with Crippen LogP contribution in [0.4, 0.5) is 5.69 Å². The minimum absolute atomic E-state index is 0.627. The van der Waals surface area contributed by atoms with Gasteiger partial charge in [0, 0.05) is 6.54 Å². The van der Waals surface area contributed by atoms with E-state index in [1.54, 1.807) is 9.70 Å². The molecule has 0 saturated carbocycles. The molecular formula is C11H14N4O. The van der Waals surface area contributed by atoms with Crippen molar-refractivity contribution in [3.05, 3.63) is 18.2 Å². The molecule has 0 saturated heterocycles. The van der Waals surface area contributed by atoms with Crippen molar-refractivity contribution in [2.45, 2.75) is 20.4 Å². The van der Waals surface area contributed by atoms with Gasteiger partial charge in [-0.05, 0) is 26.0 Å². The van der Waals surface area contributed by atoms with Crippen LogP contribution in [0.15, 0.2) is 18.2 Å². The highest BCUT2D eigenvalue weighted by atomic mass is 16.1. The number of benzene rings is 1. The normalized spacial score (nSPS) is 10.6. The minimum Gasteiger partial charge on any atom is -0.313 e. The smallest absolute Gasteiger partial charge is 0.214 e. The van der Waals surface area contributed by atoms with Crippen LogP contribution in [0.5, 0.6) is 0 Å². The fraction of sp³-hybridized carbons (Fsp3) is 0.364. The molecule has 0 unspecified atom stereocenters. The first-order chi connectivity index (χ1) is 7.80. The maximum absolute atomic E-state index is 10.9. The van der Waals surface area contributed by atoms with E-state index in [0.717, 1.165) is 29.7 Å². The molecule has 1 heterocycles. The molecule has 5 nitrogen and oxygen atoms in total. The Bertz CT molecular complexity index is 506. The Morgan fingerprint density at radius 2 is 2.19 bits per heavy atom. The second-order valence-corrected chi connectivity index (χ2v) is 3.42. The average molecular weight is 218 g/mol. The van der Waals surface area contributed by atoms with Gasteiger partial charge in [0.2, 0.25) is 6.41 Å². The van der Waals surface area contributed by atoms with Gasteiger partial charge in [0.1, 0.15) is 11.0 Å². The summed E-state index contributed by atoms with van der Waals surface area (Å²) in [5, 5.41) is 8.66. The van der Waals surface area contributed by atoms with E-state index in [9.17, 15) is 4.79 Å². The first kappa shape index (κ1) is 10.6. The highest BCUT2D eigenvalue weighted by Gasteiger charge is 2.11. The summed E-state index contributed by atoms with van der Waals surface area (Å²) in [5.41, 5.74) is 2.41. The Morgan fingerprint density at radius 1 is 1.38 bits per heavy atom. The zero-order chi connectivity index (χ0) is 11.5. The van der Waals surface area contributed by atoms with E-state index in [1.165, 1.54) is 0 Å². The van der Waals surface area contributed by atoms with Crippen molar-refractivity contribution < 1.29 is 4.79 Å². The zero-order valence-electron chi connectivity index (χ0n) is 9.42. The fourth-order valence-electron chi connectivity index (χ4n) is 1.64. The first-order valence-corrected chi connectivity index (χ1v) is 5.36. The van der Waals surface area contributed by atoms with Crippen LogP contribution in [-0.4, -0.2) is 27.9 Å². The van der Waals surface area contributed by atoms with Crippen molar-refractivity contribution in [3.8, 4) is 0 Å². The van der Waals surface area contributed by atoms with E-state index in [2.05, 4.69) is 10.2 Å². The quantitative estimate of drug-likeness (QED) is 0.729. The van der Waals surface area contributed by atoms with E-state index >= 15 is 0 Å². The lowest BCUT2D eigenvalue weighted by molar-refractivity contribution is -0.107. The third-order valence-electron chi connectivity index (χ3n) is 2.49. The minimum atomic E-state index is 0.627. The summed E-state index contributed by atoms with van der Waals surface area (Å²) in [6.07, 6.45) is 0.819.